The topological polar surface area (TPSA) is 75.9 Å². The van der Waals surface area contributed by atoms with Crippen LogP contribution in [0.25, 0.3) is 0 Å². The smallest absolute Gasteiger partial charge is 0.148 e. The number of nitrogen functional groups attached to an aromatic ring is 1. The first-order valence-corrected chi connectivity index (χ1v) is 8.37. The predicted octanol–water partition coefficient (Wildman–Crippen LogP) is 3.49. The summed E-state index contributed by atoms with van der Waals surface area (Å²) in [4.78, 5) is 8.71. The van der Waals surface area contributed by atoms with Crippen molar-refractivity contribution >= 4 is 11.6 Å². The molecular formula is C16H29N5. The van der Waals surface area contributed by atoms with Crippen molar-refractivity contribution in [3.8, 4) is 0 Å². The van der Waals surface area contributed by atoms with E-state index in [4.69, 9.17) is 5.84 Å². The number of hydrogen-bond donors (Lipinski definition) is 3. The maximum Gasteiger partial charge on any atom is 0.148 e. The van der Waals surface area contributed by atoms with Crippen LogP contribution < -0.4 is 16.6 Å². The normalized spacial score (nSPS) is 17.5. The fourth-order valence-electron chi connectivity index (χ4n) is 3.41. The molecule has 0 bridgehead atoms. The summed E-state index contributed by atoms with van der Waals surface area (Å²) in [5.74, 6) is 8.05. The lowest BCUT2D eigenvalue weighted by atomic mass is 9.83. The molecule has 5 nitrogen and oxygen atoms in total. The van der Waals surface area contributed by atoms with Gasteiger partial charge in [-0.15, -0.1) is 0 Å². The highest BCUT2D eigenvalue weighted by Gasteiger charge is 2.23. The molecule has 0 spiro atoms. The van der Waals surface area contributed by atoms with Gasteiger partial charge in [-0.1, -0.05) is 39.5 Å². The molecule has 1 heterocycles. The van der Waals surface area contributed by atoms with Crippen LogP contribution in [0, 0.1) is 5.92 Å². The molecule has 1 aliphatic rings. The number of nitrogens with two attached hydrogens (primary N) is 1. The van der Waals surface area contributed by atoms with E-state index in [9.17, 15) is 0 Å². The zero-order valence-electron chi connectivity index (χ0n) is 13.4. The molecular weight excluding hydrogens is 262 g/mol. The molecule has 21 heavy (non-hydrogen) atoms. The molecule has 1 aliphatic carbocycles. The monoisotopic (exact) mass is 291 g/mol. The van der Waals surface area contributed by atoms with E-state index in [1.807, 2.05) is 0 Å². The van der Waals surface area contributed by atoms with Crippen molar-refractivity contribution in [2.45, 2.75) is 71.3 Å². The van der Waals surface area contributed by atoms with Crippen LogP contribution in [0.4, 0.5) is 11.6 Å². The highest BCUT2D eigenvalue weighted by atomic mass is 15.3. The Morgan fingerprint density at radius 2 is 1.90 bits per heavy atom. The Morgan fingerprint density at radius 1 is 1.19 bits per heavy atom. The molecule has 1 atom stereocenters. The number of aromatic nitrogens is 2. The van der Waals surface area contributed by atoms with Gasteiger partial charge in [0.25, 0.3) is 0 Å². The van der Waals surface area contributed by atoms with Gasteiger partial charge in [0.15, 0.2) is 0 Å². The largest absolute Gasteiger partial charge is 0.367 e. The van der Waals surface area contributed by atoms with E-state index in [0.717, 1.165) is 42.4 Å². The molecule has 1 unspecified atom stereocenters. The summed E-state index contributed by atoms with van der Waals surface area (Å²) in [5.41, 5.74) is 3.81. The van der Waals surface area contributed by atoms with Crippen molar-refractivity contribution in [3.63, 3.8) is 0 Å². The quantitative estimate of drug-likeness (QED) is 0.529. The second-order valence-electron chi connectivity index (χ2n) is 6.00. The Labute approximate surface area is 128 Å². The third-order valence-electron chi connectivity index (χ3n) is 4.56. The number of nitrogens with one attached hydrogen (secondary N) is 2. The minimum absolute atomic E-state index is 0.501. The molecule has 0 aromatic carbocycles. The zero-order chi connectivity index (χ0) is 15.1. The standard InChI is InChI=1S/C16H29N5/c1-3-8-13-15(18-11-19-16(13)21-17)20-14(4-2)12-9-6-5-7-10-12/h11-12,14H,3-10,17H2,1-2H3,(H2,18,19,20,21). The van der Waals surface area contributed by atoms with E-state index in [2.05, 4.69) is 34.6 Å². The number of anilines is 2. The molecule has 5 heteroatoms. The lowest BCUT2D eigenvalue weighted by molar-refractivity contribution is 0.312. The Bertz CT molecular complexity index is 429. The average Bonchev–Trinajstić information content (AvgIpc) is 2.54. The van der Waals surface area contributed by atoms with E-state index < -0.39 is 0 Å². The molecule has 2 rings (SSSR count). The van der Waals surface area contributed by atoms with Gasteiger partial charge in [-0.05, 0) is 31.6 Å². The fraction of sp³-hybridized carbons (Fsp3) is 0.750. The van der Waals surface area contributed by atoms with Crippen molar-refractivity contribution in [2.75, 3.05) is 10.7 Å². The average molecular weight is 291 g/mol. The third kappa shape index (κ3) is 4.06. The molecule has 118 valence electrons. The maximum absolute atomic E-state index is 5.59. The zero-order valence-corrected chi connectivity index (χ0v) is 13.4. The summed E-state index contributed by atoms with van der Waals surface area (Å²) < 4.78 is 0. The molecule has 4 N–H and O–H groups in total. The first kappa shape index (κ1) is 16.0. The molecule has 1 aromatic heterocycles. The van der Waals surface area contributed by atoms with Gasteiger partial charge >= 0.3 is 0 Å². The van der Waals surface area contributed by atoms with E-state index in [1.165, 1.54) is 32.1 Å². The lowest BCUT2D eigenvalue weighted by Crippen LogP contribution is -2.31. The van der Waals surface area contributed by atoms with Gasteiger partial charge in [-0.25, -0.2) is 15.8 Å². The highest BCUT2D eigenvalue weighted by Crippen LogP contribution is 2.30. The Morgan fingerprint density at radius 3 is 2.52 bits per heavy atom. The molecule has 1 saturated carbocycles. The minimum atomic E-state index is 0.501. The minimum Gasteiger partial charge on any atom is -0.367 e. The summed E-state index contributed by atoms with van der Waals surface area (Å²) in [6.45, 7) is 4.42. The van der Waals surface area contributed by atoms with Crippen LogP contribution in [0.15, 0.2) is 6.33 Å². The van der Waals surface area contributed by atoms with Crippen LogP contribution in [0.3, 0.4) is 0 Å². The van der Waals surface area contributed by atoms with Gasteiger partial charge in [-0.2, -0.15) is 0 Å². The van der Waals surface area contributed by atoms with Crippen molar-refractivity contribution < 1.29 is 0 Å². The third-order valence-corrected chi connectivity index (χ3v) is 4.56. The molecule has 0 radical (unpaired) electrons. The molecule has 0 saturated heterocycles. The summed E-state index contributed by atoms with van der Waals surface area (Å²) >= 11 is 0. The molecule has 1 aromatic rings. The van der Waals surface area contributed by atoms with Crippen LogP contribution in [0.1, 0.15) is 64.4 Å². The Balaban J connectivity index is 2.15. The van der Waals surface area contributed by atoms with Crippen LogP contribution in [0.2, 0.25) is 0 Å². The van der Waals surface area contributed by atoms with Crippen molar-refractivity contribution in [1.29, 1.82) is 0 Å². The Kier molecular flexibility index (Phi) is 6.23. The van der Waals surface area contributed by atoms with Gasteiger partial charge in [-0.3, -0.25) is 0 Å². The summed E-state index contributed by atoms with van der Waals surface area (Å²) in [6, 6.07) is 0.501. The molecule has 0 amide bonds. The number of nitrogens with zero attached hydrogens (tertiary/aromatic N) is 2. The second-order valence-corrected chi connectivity index (χ2v) is 6.00. The Hall–Kier alpha value is -1.36. The molecule has 0 aliphatic heterocycles. The first-order chi connectivity index (χ1) is 10.3. The van der Waals surface area contributed by atoms with Crippen molar-refractivity contribution in [1.82, 2.24) is 9.97 Å². The first-order valence-electron chi connectivity index (χ1n) is 8.37. The predicted molar refractivity (Wildman–Crippen MR) is 88.1 cm³/mol. The van der Waals surface area contributed by atoms with E-state index in [0.29, 0.717) is 6.04 Å². The van der Waals surface area contributed by atoms with Gasteiger partial charge in [0.1, 0.15) is 18.0 Å². The second kappa shape index (κ2) is 8.17. The lowest BCUT2D eigenvalue weighted by Gasteiger charge is -2.31. The van der Waals surface area contributed by atoms with Crippen LogP contribution >= 0.6 is 0 Å². The van der Waals surface area contributed by atoms with Gasteiger partial charge < -0.3 is 10.7 Å². The summed E-state index contributed by atoms with van der Waals surface area (Å²) in [6.07, 6.45) is 11.5. The van der Waals surface area contributed by atoms with E-state index in [1.54, 1.807) is 6.33 Å². The maximum atomic E-state index is 5.59. The van der Waals surface area contributed by atoms with Gasteiger partial charge in [0.05, 0.1) is 0 Å². The number of rotatable bonds is 7. The van der Waals surface area contributed by atoms with Crippen LogP contribution in [-0.4, -0.2) is 16.0 Å². The number of hydrazine groups is 1. The van der Waals surface area contributed by atoms with Crippen molar-refractivity contribution in [2.24, 2.45) is 11.8 Å². The highest BCUT2D eigenvalue weighted by molar-refractivity contribution is 5.57. The van der Waals surface area contributed by atoms with Gasteiger partial charge in [0.2, 0.25) is 0 Å². The van der Waals surface area contributed by atoms with E-state index >= 15 is 0 Å². The molecule has 1 fully saturated rings. The number of hydrogen-bond acceptors (Lipinski definition) is 5. The van der Waals surface area contributed by atoms with Crippen LogP contribution in [-0.2, 0) is 6.42 Å². The van der Waals surface area contributed by atoms with Crippen molar-refractivity contribution in [3.05, 3.63) is 11.9 Å². The van der Waals surface area contributed by atoms with E-state index in [-0.39, 0.29) is 0 Å². The summed E-state index contributed by atoms with van der Waals surface area (Å²) in [5, 5.41) is 3.68. The van der Waals surface area contributed by atoms with Crippen LogP contribution in [0.5, 0.6) is 0 Å². The fourth-order valence-corrected chi connectivity index (χ4v) is 3.41. The summed E-state index contributed by atoms with van der Waals surface area (Å²) in [7, 11) is 0. The SMILES string of the molecule is CCCc1c(NN)ncnc1NC(CC)C1CCCCC1. The van der Waals surface area contributed by atoms with Gasteiger partial charge in [0, 0.05) is 11.6 Å².